The number of ether oxygens (including phenoxy) is 1. The van der Waals surface area contributed by atoms with Crippen molar-refractivity contribution >= 4 is 16.0 Å². The van der Waals surface area contributed by atoms with Gasteiger partial charge in [0, 0.05) is 46.2 Å². The van der Waals surface area contributed by atoms with Crippen molar-refractivity contribution in [2.45, 2.75) is 24.5 Å². The second kappa shape index (κ2) is 8.88. The number of likely N-dealkylation sites (tertiary alicyclic amines) is 1. The highest BCUT2D eigenvalue weighted by atomic mass is 32.2. The van der Waals surface area contributed by atoms with E-state index in [1.807, 2.05) is 17.0 Å². The Balaban J connectivity index is 1.57. The van der Waals surface area contributed by atoms with Gasteiger partial charge in [0.25, 0.3) is 0 Å². The fraction of sp³-hybridized carbons (Fsp3) is 0.706. The molecular weight excluding hydrogens is 356 g/mol. The topological polar surface area (TPSA) is 87.4 Å². The van der Waals surface area contributed by atoms with Crippen molar-refractivity contribution in [2.24, 2.45) is 4.99 Å². The second-order valence-electron chi connectivity index (χ2n) is 6.57. The first kappa shape index (κ1) is 19.2. The largest absolute Gasteiger partial charge is 0.469 e. The van der Waals surface area contributed by atoms with Gasteiger partial charge in [-0.05, 0) is 25.0 Å². The Kier molecular flexibility index (Phi) is 6.55. The van der Waals surface area contributed by atoms with Gasteiger partial charge in [0.05, 0.1) is 24.7 Å². The number of morpholine rings is 1. The Hall–Kier alpha value is -1.58. The van der Waals surface area contributed by atoms with E-state index < -0.39 is 15.3 Å². The van der Waals surface area contributed by atoms with Crippen molar-refractivity contribution in [3.63, 3.8) is 0 Å². The predicted octanol–water partition coefficient (Wildman–Crippen LogP) is 0.524. The molecule has 2 aliphatic rings. The van der Waals surface area contributed by atoms with Crippen LogP contribution in [0.15, 0.2) is 27.8 Å². The number of nitrogens with one attached hydrogen (secondary N) is 1. The molecule has 8 nitrogen and oxygen atoms in total. The van der Waals surface area contributed by atoms with E-state index in [0.29, 0.717) is 45.8 Å². The molecule has 0 amide bonds. The summed E-state index contributed by atoms with van der Waals surface area (Å²) in [7, 11) is -1.57. The van der Waals surface area contributed by atoms with Crippen LogP contribution in [0.1, 0.15) is 18.6 Å². The molecular formula is C17H28N4O4S. The van der Waals surface area contributed by atoms with Crippen LogP contribution in [0.5, 0.6) is 0 Å². The van der Waals surface area contributed by atoms with E-state index in [-0.39, 0.29) is 0 Å². The summed E-state index contributed by atoms with van der Waals surface area (Å²) in [6, 6.07) is 3.81. The molecule has 0 aromatic carbocycles. The van der Waals surface area contributed by atoms with Crippen molar-refractivity contribution in [2.75, 3.05) is 53.0 Å². The third-order valence-corrected chi connectivity index (χ3v) is 7.19. The van der Waals surface area contributed by atoms with E-state index in [2.05, 4.69) is 10.3 Å². The van der Waals surface area contributed by atoms with E-state index >= 15 is 0 Å². The first-order chi connectivity index (χ1) is 12.6. The highest BCUT2D eigenvalue weighted by Gasteiger charge is 2.36. The van der Waals surface area contributed by atoms with Crippen molar-refractivity contribution < 1.29 is 17.6 Å². The van der Waals surface area contributed by atoms with Gasteiger partial charge in [0.2, 0.25) is 10.0 Å². The Labute approximate surface area is 155 Å². The van der Waals surface area contributed by atoms with Crippen LogP contribution in [-0.2, 0) is 21.2 Å². The molecule has 1 aromatic heterocycles. The predicted molar refractivity (Wildman–Crippen MR) is 99.7 cm³/mol. The van der Waals surface area contributed by atoms with Crippen LogP contribution in [0.25, 0.3) is 0 Å². The maximum Gasteiger partial charge on any atom is 0.218 e. The molecule has 1 unspecified atom stereocenters. The number of nitrogens with zero attached hydrogens (tertiary/aromatic N) is 3. The summed E-state index contributed by atoms with van der Waals surface area (Å²) in [6.45, 7) is 3.84. The molecule has 0 spiro atoms. The highest BCUT2D eigenvalue weighted by Crippen LogP contribution is 2.21. The molecule has 2 aliphatic heterocycles. The smallest absolute Gasteiger partial charge is 0.218 e. The molecule has 3 heterocycles. The summed E-state index contributed by atoms with van der Waals surface area (Å²) < 4.78 is 38.1. The zero-order valence-electron chi connectivity index (χ0n) is 15.3. The van der Waals surface area contributed by atoms with E-state index in [4.69, 9.17) is 9.15 Å². The minimum absolute atomic E-state index is 0.391. The van der Waals surface area contributed by atoms with Crippen LogP contribution in [0.4, 0.5) is 0 Å². The average Bonchev–Trinajstić information content (AvgIpc) is 3.19. The quantitative estimate of drug-likeness (QED) is 0.588. The van der Waals surface area contributed by atoms with Crippen molar-refractivity contribution in [1.29, 1.82) is 0 Å². The Morgan fingerprint density at radius 1 is 1.35 bits per heavy atom. The fourth-order valence-electron chi connectivity index (χ4n) is 3.47. The molecule has 146 valence electrons. The lowest BCUT2D eigenvalue weighted by atomic mass is 10.1. The molecule has 0 aliphatic carbocycles. The molecule has 26 heavy (non-hydrogen) atoms. The van der Waals surface area contributed by atoms with Gasteiger partial charge in [-0.25, -0.2) is 8.42 Å². The highest BCUT2D eigenvalue weighted by molar-refractivity contribution is 7.89. The van der Waals surface area contributed by atoms with Gasteiger partial charge in [-0.2, -0.15) is 4.31 Å². The van der Waals surface area contributed by atoms with Gasteiger partial charge < -0.3 is 19.4 Å². The summed E-state index contributed by atoms with van der Waals surface area (Å²) in [5.41, 5.74) is 0. The summed E-state index contributed by atoms with van der Waals surface area (Å²) in [6.07, 6.45) is 3.96. The standard InChI is InChI=1S/C17H28N4O4S/c1-18-17(19-7-6-15-4-3-11-25-15)20-8-2-5-16(14-20)26(22,23)21-9-12-24-13-10-21/h3-4,11,16H,2,5-10,12-14H2,1H3,(H,18,19). The average molecular weight is 385 g/mol. The molecule has 2 saturated heterocycles. The minimum Gasteiger partial charge on any atom is -0.469 e. The zero-order chi connectivity index (χ0) is 18.4. The molecule has 0 bridgehead atoms. The van der Waals surface area contributed by atoms with Crippen LogP contribution in [0.2, 0.25) is 0 Å². The van der Waals surface area contributed by atoms with Crippen LogP contribution < -0.4 is 5.32 Å². The lowest BCUT2D eigenvalue weighted by Gasteiger charge is -2.37. The number of furan rings is 1. The zero-order valence-corrected chi connectivity index (χ0v) is 16.1. The van der Waals surface area contributed by atoms with Gasteiger partial charge in [0.15, 0.2) is 5.96 Å². The summed E-state index contributed by atoms with van der Waals surface area (Å²) in [5.74, 6) is 1.66. The molecule has 1 aromatic rings. The number of hydrogen-bond donors (Lipinski definition) is 1. The number of rotatable bonds is 5. The number of guanidine groups is 1. The summed E-state index contributed by atoms with van der Waals surface area (Å²) >= 11 is 0. The van der Waals surface area contributed by atoms with E-state index in [1.54, 1.807) is 17.6 Å². The van der Waals surface area contributed by atoms with Crippen LogP contribution in [0.3, 0.4) is 0 Å². The van der Waals surface area contributed by atoms with Crippen molar-refractivity contribution in [1.82, 2.24) is 14.5 Å². The Morgan fingerprint density at radius 2 is 2.15 bits per heavy atom. The third-order valence-electron chi connectivity index (χ3n) is 4.88. The minimum atomic E-state index is -3.30. The fourth-order valence-corrected chi connectivity index (χ4v) is 5.38. The van der Waals surface area contributed by atoms with E-state index in [9.17, 15) is 8.42 Å². The first-order valence-corrected chi connectivity index (χ1v) is 10.7. The molecule has 3 rings (SSSR count). The SMILES string of the molecule is CN=C(NCCc1ccco1)N1CCCC(S(=O)(=O)N2CCOCC2)C1. The van der Waals surface area contributed by atoms with Crippen molar-refractivity contribution in [3.8, 4) is 0 Å². The third kappa shape index (κ3) is 4.57. The van der Waals surface area contributed by atoms with Crippen LogP contribution in [-0.4, -0.2) is 81.8 Å². The maximum atomic E-state index is 12.9. The normalized spacial score (nSPS) is 23.2. The lowest BCUT2D eigenvalue weighted by molar-refractivity contribution is 0.0722. The molecule has 1 atom stereocenters. The monoisotopic (exact) mass is 384 g/mol. The Bertz CT molecular complexity index is 684. The molecule has 0 radical (unpaired) electrons. The second-order valence-corrected chi connectivity index (χ2v) is 8.78. The molecule has 2 fully saturated rings. The number of aliphatic imine (C=N–C) groups is 1. The maximum absolute atomic E-state index is 12.9. The molecule has 0 saturated carbocycles. The number of piperidine rings is 1. The van der Waals surface area contributed by atoms with Gasteiger partial charge in [-0.3, -0.25) is 4.99 Å². The van der Waals surface area contributed by atoms with Gasteiger partial charge in [-0.15, -0.1) is 0 Å². The van der Waals surface area contributed by atoms with E-state index in [1.165, 1.54) is 0 Å². The van der Waals surface area contributed by atoms with Crippen LogP contribution >= 0.6 is 0 Å². The van der Waals surface area contributed by atoms with Gasteiger partial charge in [-0.1, -0.05) is 0 Å². The lowest BCUT2D eigenvalue weighted by Crippen LogP contribution is -2.54. The molecule has 9 heteroatoms. The van der Waals surface area contributed by atoms with E-state index in [0.717, 1.165) is 31.1 Å². The summed E-state index contributed by atoms with van der Waals surface area (Å²) in [5, 5.41) is 2.93. The van der Waals surface area contributed by atoms with Crippen molar-refractivity contribution in [3.05, 3.63) is 24.2 Å². The number of sulfonamides is 1. The summed E-state index contributed by atoms with van der Waals surface area (Å²) in [4.78, 5) is 6.38. The van der Waals surface area contributed by atoms with Gasteiger partial charge in [0.1, 0.15) is 5.76 Å². The first-order valence-electron chi connectivity index (χ1n) is 9.16. The van der Waals surface area contributed by atoms with Gasteiger partial charge >= 0.3 is 0 Å². The molecule has 1 N–H and O–H groups in total. The Morgan fingerprint density at radius 3 is 2.85 bits per heavy atom. The number of hydrogen-bond acceptors (Lipinski definition) is 5. The van der Waals surface area contributed by atoms with Crippen LogP contribution in [0, 0.1) is 0 Å².